The highest BCUT2D eigenvalue weighted by Gasteiger charge is 1.91. The van der Waals surface area contributed by atoms with Crippen molar-refractivity contribution in [3.63, 3.8) is 0 Å². The molecule has 1 N–H and O–H groups in total. The summed E-state index contributed by atoms with van der Waals surface area (Å²) in [5.41, 5.74) is 0. The highest BCUT2D eigenvalue weighted by Crippen LogP contribution is 2.04. The Morgan fingerprint density at radius 1 is 1.75 bits per heavy atom. The highest BCUT2D eigenvalue weighted by atomic mass is 14.3. The molecular weight excluding hydrogens is 98.1 g/mol. The summed E-state index contributed by atoms with van der Waals surface area (Å²) in [7, 11) is 0. The van der Waals surface area contributed by atoms with E-state index in [-0.39, 0.29) is 0 Å². The van der Waals surface area contributed by atoms with Gasteiger partial charge in [0, 0.05) is 0 Å². The smallest absolute Gasteiger partial charge is 0.0231 e. The van der Waals surface area contributed by atoms with E-state index in [0.717, 1.165) is 6.42 Å². The minimum atomic E-state index is 0.716. The molecule has 0 saturated carbocycles. The summed E-state index contributed by atoms with van der Waals surface area (Å²) in [6.45, 7) is 4.33. The molecule has 0 saturated heterocycles. The molecule has 1 nitrogen and oxygen atoms in total. The van der Waals surface area contributed by atoms with Gasteiger partial charge >= 0.3 is 0 Å². The summed E-state index contributed by atoms with van der Waals surface area (Å²) in [5.74, 6) is 2.97. The summed E-state index contributed by atoms with van der Waals surface area (Å²) in [6, 6.07) is 0. The molecule has 8 heavy (non-hydrogen) atoms. The van der Waals surface area contributed by atoms with Gasteiger partial charge in [0.05, 0.1) is 0 Å². The van der Waals surface area contributed by atoms with Crippen LogP contribution in [0.1, 0.15) is 26.7 Å². The lowest BCUT2D eigenvalue weighted by atomic mass is 10.1. The summed E-state index contributed by atoms with van der Waals surface area (Å²) in [6.07, 6.45) is 3.96. The van der Waals surface area contributed by atoms with Crippen molar-refractivity contribution in [1.29, 1.82) is 5.41 Å². The number of hydrogen-bond donors (Lipinski definition) is 1. The zero-order chi connectivity index (χ0) is 6.41. The molecule has 1 heteroatoms. The molecule has 0 spiro atoms. The van der Waals surface area contributed by atoms with E-state index in [4.69, 9.17) is 5.41 Å². The van der Waals surface area contributed by atoms with E-state index in [1.54, 1.807) is 6.08 Å². The zero-order valence-electron chi connectivity index (χ0n) is 5.57. The normalized spacial score (nSPS) is 12.2. The van der Waals surface area contributed by atoms with Crippen molar-refractivity contribution in [3.05, 3.63) is 6.08 Å². The number of allylic oxidation sites excluding steroid dienone is 1. The molecule has 0 aromatic carbocycles. The van der Waals surface area contributed by atoms with Crippen LogP contribution in [0.3, 0.4) is 0 Å². The maximum atomic E-state index is 6.57. The first kappa shape index (κ1) is 7.45. The molecule has 0 aromatic rings. The standard InChI is InChI=1S/C7H13N/c1-3-7(2)5-4-6-8/h4,7-8H,3,5H2,1-2H3. The van der Waals surface area contributed by atoms with Gasteiger partial charge in [0.1, 0.15) is 0 Å². The van der Waals surface area contributed by atoms with Crippen LogP contribution in [0.4, 0.5) is 0 Å². The third-order valence-electron chi connectivity index (χ3n) is 1.32. The van der Waals surface area contributed by atoms with Gasteiger partial charge in [0.2, 0.25) is 0 Å². The number of nitrogens with one attached hydrogen (secondary N) is 1. The highest BCUT2D eigenvalue weighted by molar-refractivity contribution is 5.46. The first-order chi connectivity index (χ1) is 3.81. The monoisotopic (exact) mass is 111 g/mol. The quantitative estimate of drug-likeness (QED) is 0.540. The fourth-order valence-electron chi connectivity index (χ4n) is 0.427. The summed E-state index contributed by atoms with van der Waals surface area (Å²) in [4.78, 5) is 0. The fourth-order valence-corrected chi connectivity index (χ4v) is 0.427. The van der Waals surface area contributed by atoms with Gasteiger partial charge in [0.15, 0.2) is 0 Å². The second-order valence-electron chi connectivity index (χ2n) is 2.10. The third-order valence-corrected chi connectivity index (χ3v) is 1.32. The topological polar surface area (TPSA) is 23.9 Å². The zero-order valence-corrected chi connectivity index (χ0v) is 5.57. The van der Waals surface area contributed by atoms with Gasteiger partial charge in [-0.15, -0.1) is 0 Å². The van der Waals surface area contributed by atoms with E-state index >= 15 is 0 Å². The van der Waals surface area contributed by atoms with Gasteiger partial charge in [-0.2, -0.15) is 0 Å². The van der Waals surface area contributed by atoms with E-state index in [9.17, 15) is 0 Å². The second kappa shape index (κ2) is 4.61. The van der Waals surface area contributed by atoms with E-state index in [1.165, 1.54) is 6.42 Å². The van der Waals surface area contributed by atoms with Crippen molar-refractivity contribution in [1.82, 2.24) is 0 Å². The Bertz CT molecular complexity index is 90.6. The Hall–Kier alpha value is -0.550. The lowest BCUT2D eigenvalue weighted by Gasteiger charge is -1.99. The lowest BCUT2D eigenvalue weighted by Crippen LogP contribution is -1.87. The first-order valence-electron chi connectivity index (χ1n) is 3.05. The molecule has 0 amide bonds. The van der Waals surface area contributed by atoms with Crippen LogP contribution in [0.2, 0.25) is 0 Å². The molecule has 46 valence electrons. The molecule has 0 aliphatic rings. The Labute approximate surface area is 50.9 Å². The van der Waals surface area contributed by atoms with E-state index < -0.39 is 0 Å². The van der Waals surface area contributed by atoms with Crippen LogP contribution in [0.15, 0.2) is 6.08 Å². The van der Waals surface area contributed by atoms with Crippen molar-refractivity contribution < 1.29 is 0 Å². The van der Waals surface area contributed by atoms with Crippen LogP contribution in [-0.2, 0) is 0 Å². The molecular formula is C7H13N. The Balaban J connectivity index is 3.23. The molecule has 1 unspecified atom stereocenters. The maximum absolute atomic E-state index is 6.57. The Morgan fingerprint density at radius 3 is 2.75 bits per heavy atom. The van der Waals surface area contributed by atoms with E-state index in [0.29, 0.717) is 5.92 Å². The van der Waals surface area contributed by atoms with Crippen LogP contribution in [0.5, 0.6) is 0 Å². The molecule has 0 fully saturated rings. The maximum Gasteiger partial charge on any atom is -0.0231 e. The van der Waals surface area contributed by atoms with Crippen LogP contribution >= 0.6 is 0 Å². The van der Waals surface area contributed by atoms with Crippen LogP contribution in [0.25, 0.3) is 0 Å². The van der Waals surface area contributed by atoms with Crippen LogP contribution in [0, 0.1) is 11.3 Å². The van der Waals surface area contributed by atoms with Crippen molar-refractivity contribution in [2.24, 2.45) is 5.92 Å². The van der Waals surface area contributed by atoms with E-state index in [1.807, 2.05) is 0 Å². The van der Waals surface area contributed by atoms with E-state index in [2.05, 4.69) is 19.7 Å². The van der Waals surface area contributed by atoms with Gasteiger partial charge in [-0.3, -0.25) is 5.41 Å². The van der Waals surface area contributed by atoms with Crippen LogP contribution < -0.4 is 0 Å². The Morgan fingerprint density at radius 2 is 2.38 bits per heavy atom. The van der Waals surface area contributed by atoms with Gasteiger partial charge in [-0.05, 0) is 24.3 Å². The predicted octanol–water partition coefficient (Wildman–Crippen LogP) is 2.23. The summed E-state index contributed by atoms with van der Waals surface area (Å²) in [5, 5.41) is 6.57. The average molecular weight is 111 g/mol. The molecule has 0 radical (unpaired) electrons. The largest absolute Gasteiger partial charge is 0.259 e. The molecule has 0 heterocycles. The first-order valence-corrected chi connectivity index (χ1v) is 3.05. The minimum Gasteiger partial charge on any atom is -0.259 e. The van der Waals surface area contributed by atoms with Crippen molar-refractivity contribution in [2.45, 2.75) is 26.7 Å². The number of hydrogen-bond acceptors (Lipinski definition) is 1. The summed E-state index contributed by atoms with van der Waals surface area (Å²) < 4.78 is 0. The molecule has 0 aromatic heterocycles. The van der Waals surface area contributed by atoms with Crippen molar-refractivity contribution >= 4 is 5.87 Å². The predicted molar refractivity (Wildman–Crippen MR) is 36.4 cm³/mol. The average Bonchev–Trinajstić information content (AvgIpc) is 1.83. The molecule has 0 rings (SSSR count). The second-order valence-corrected chi connectivity index (χ2v) is 2.10. The third kappa shape index (κ3) is 3.63. The fraction of sp³-hybridized carbons (Fsp3) is 0.714. The SMILES string of the molecule is CCC(C)CC=C=N. The molecule has 0 bridgehead atoms. The molecule has 0 aliphatic heterocycles. The summed E-state index contributed by atoms with van der Waals surface area (Å²) >= 11 is 0. The van der Waals surface area contributed by atoms with Gasteiger partial charge in [-0.25, -0.2) is 0 Å². The minimum absolute atomic E-state index is 0.716. The van der Waals surface area contributed by atoms with Crippen molar-refractivity contribution in [3.8, 4) is 0 Å². The van der Waals surface area contributed by atoms with Gasteiger partial charge < -0.3 is 0 Å². The van der Waals surface area contributed by atoms with Gasteiger partial charge in [0.25, 0.3) is 0 Å². The van der Waals surface area contributed by atoms with Gasteiger partial charge in [-0.1, -0.05) is 20.3 Å². The van der Waals surface area contributed by atoms with Crippen LogP contribution in [-0.4, -0.2) is 5.87 Å². The lowest BCUT2D eigenvalue weighted by molar-refractivity contribution is 0.573. The molecule has 1 atom stereocenters. The molecule has 0 aliphatic carbocycles. The number of rotatable bonds is 3. The Kier molecular flexibility index (Phi) is 4.29. The van der Waals surface area contributed by atoms with Crippen molar-refractivity contribution in [2.75, 3.05) is 0 Å².